The fourth-order valence-electron chi connectivity index (χ4n) is 3.28. The van der Waals surface area contributed by atoms with Crippen LogP contribution in [0.15, 0.2) is 6.33 Å². The predicted octanol–water partition coefficient (Wildman–Crippen LogP) is 0.254. The highest BCUT2D eigenvalue weighted by atomic mass is 16.2. The Labute approximate surface area is 123 Å². The van der Waals surface area contributed by atoms with Crippen LogP contribution in [0.1, 0.15) is 37.9 Å². The van der Waals surface area contributed by atoms with E-state index in [9.17, 15) is 9.59 Å². The van der Waals surface area contributed by atoms with Crippen molar-refractivity contribution in [1.29, 1.82) is 0 Å². The van der Waals surface area contributed by atoms with Gasteiger partial charge in [-0.15, -0.1) is 0 Å². The standard InChI is InChI=1S/C14H21N5O2/c20-13-7-10(8-19(13)11-3-1-2-4-11)14(21)15-6-5-12-16-9-17-18-12/h9-11H,1-8H2,(H,15,21)(H,16,17,18). The Morgan fingerprint density at radius 3 is 2.95 bits per heavy atom. The number of H-pyrrole nitrogens is 1. The normalized spacial score (nSPS) is 23.0. The van der Waals surface area contributed by atoms with E-state index < -0.39 is 0 Å². The molecule has 0 spiro atoms. The van der Waals surface area contributed by atoms with Crippen LogP contribution in [0.4, 0.5) is 0 Å². The van der Waals surface area contributed by atoms with Crippen LogP contribution < -0.4 is 5.32 Å². The smallest absolute Gasteiger partial charge is 0.225 e. The first-order valence-corrected chi connectivity index (χ1v) is 7.65. The van der Waals surface area contributed by atoms with Crippen LogP contribution in [0, 0.1) is 5.92 Å². The fraction of sp³-hybridized carbons (Fsp3) is 0.714. The van der Waals surface area contributed by atoms with Gasteiger partial charge in [0.2, 0.25) is 11.8 Å². The number of carbonyl (C=O) groups excluding carboxylic acids is 2. The molecule has 2 amide bonds. The largest absolute Gasteiger partial charge is 0.355 e. The zero-order valence-corrected chi connectivity index (χ0v) is 12.0. The third-order valence-electron chi connectivity index (χ3n) is 4.42. The van der Waals surface area contributed by atoms with E-state index in [-0.39, 0.29) is 17.7 Å². The first kappa shape index (κ1) is 14.0. The lowest BCUT2D eigenvalue weighted by Gasteiger charge is -2.23. The third-order valence-corrected chi connectivity index (χ3v) is 4.42. The minimum Gasteiger partial charge on any atom is -0.355 e. The summed E-state index contributed by atoms with van der Waals surface area (Å²) in [6.45, 7) is 1.10. The molecule has 1 aromatic heterocycles. The molecule has 7 heteroatoms. The number of nitrogens with zero attached hydrogens (tertiary/aromatic N) is 3. The molecule has 2 heterocycles. The van der Waals surface area contributed by atoms with Crippen LogP contribution in [0.25, 0.3) is 0 Å². The van der Waals surface area contributed by atoms with Crippen LogP contribution in [0.3, 0.4) is 0 Å². The first-order chi connectivity index (χ1) is 10.2. The molecule has 1 atom stereocenters. The Morgan fingerprint density at radius 1 is 1.43 bits per heavy atom. The van der Waals surface area contributed by atoms with E-state index in [0.717, 1.165) is 18.7 Å². The van der Waals surface area contributed by atoms with E-state index in [2.05, 4.69) is 20.5 Å². The Balaban J connectivity index is 1.46. The van der Waals surface area contributed by atoms with Crippen LogP contribution >= 0.6 is 0 Å². The summed E-state index contributed by atoms with van der Waals surface area (Å²) < 4.78 is 0. The molecule has 1 aliphatic heterocycles. The van der Waals surface area contributed by atoms with Gasteiger partial charge in [-0.1, -0.05) is 12.8 Å². The summed E-state index contributed by atoms with van der Waals surface area (Å²) in [4.78, 5) is 30.1. The number of amides is 2. The zero-order chi connectivity index (χ0) is 14.7. The molecule has 2 fully saturated rings. The van der Waals surface area contributed by atoms with Crippen molar-refractivity contribution < 1.29 is 9.59 Å². The quantitative estimate of drug-likeness (QED) is 0.814. The van der Waals surface area contributed by atoms with Crippen molar-refractivity contribution in [2.75, 3.05) is 13.1 Å². The Bertz CT molecular complexity index is 495. The minimum absolute atomic E-state index is 0.0247. The highest BCUT2D eigenvalue weighted by molar-refractivity contribution is 5.89. The van der Waals surface area contributed by atoms with Gasteiger partial charge in [-0.25, -0.2) is 4.98 Å². The summed E-state index contributed by atoms with van der Waals surface area (Å²) >= 11 is 0. The van der Waals surface area contributed by atoms with Gasteiger partial charge >= 0.3 is 0 Å². The summed E-state index contributed by atoms with van der Waals surface area (Å²) in [6.07, 6.45) is 7.00. The number of hydrogen-bond acceptors (Lipinski definition) is 4. The lowest BCUT2D eigenvalue weighted by atomic mass is 10.1. The third kappa shape index (κ3) is 3.22. The van der Waals surface area contributed by atoms with Crippen molar-refractivity contribution in [3.05, 3.63) is 12.2 Å². The zero-order valence-electron chi connectivity index (χ0n) is 12.0. The lowest BCUT2D eigenvalue weighted by molar-refractivity contribution is -0.130. The summed E-state index contributed by atoms with van der Waals surface area (Å²) in [5.41, 5.74) is 0. The maximum Gasteiger partial charge on any atom is 0.225 e. The van der Waals surface area contributed by atoms with Crippen LogP contribution in [0.5, 0.6) is 0 Å². The topological polar surface area (TPSA) is 91.0 Å². The highest BCUT2D eigenvalue weighted by Crippen LogP contribution is 2.29. The number of hydrogen-bond donors (Lipinski definition) is 2. The Hall–Kier alpha value is -1.92. The molecule has 7 nitrogen and oxygen atoms in total. The van der Waals surface area contributed by atoms with Crippen LogP contribution in [0.2, 0.25) is 0 Å². The van der Waals surface area contributed by atoms with Gasteiger partial charge in [0.05, 0.1) is 5.92 Å². The molecular weight excluding hydrogens is 270 g/mol. The molecule has 1 aliphatic carbocycles. The van der Waals surface area contributed by atoms with E-state index in [1.807, 2.05) is 4.90 Å². The fourth-order valence-corrected chi connectivity index (χ4v) is 3.28. The molecule has 0 aromatic carbocycles. The predicted molar refractivity (Wildman–Crippen MR) is 75.2 cm³/mol. The number of likely N-dealkylation sites (tertiary alicyclic amines) is 1. The first-order valence-electron chi connectivity index (χ1n) is 7.65. The molecule has 114 valence electrons. The van der Waals surface area contributed by atoms with Crippen molar-refractivity contribution in [2.24, 2.45) is 5.92 Å². The van der Waals surface area contributed by atoms with Crippen molar-refractivity contribution in [3.8, 4) is 0 Å². The minimum atomic E-state index is -0.201. The average Bonchev–Trinajstić information content (AvgIpc) is 3.19. The van der Waals surface area contributed by atoms with E-state index in [1.165, 1.54) is 19.2 Å². The van der Waals surface area contributed by atoms with Crippen molar-refractivity contribution in [2.45, 2.75) is 44.6 Å². The van der Waals surface area contributed by atoms with Gasteiger partial charge in [0, 0.05) is 32.0 Å². The van der Waals surface area contributed by atoms with Crippen molar-refractivity contribution in [3.63, 3.8) is 0 Å². The highest BCUT2D eigenvalue weighted by Gasteiger charge is 2.38. The number of carbonyl (C=O) groups is 2. The van der Waals surface area contributed by atoms with Gasteiger partial charge in [0.25, 0.3) is 0 Å². The SMILES string of the molecule is O=C(NCCc1ncn[nH]1)C1CC(=O)N(C2CCCC2)C1. The molecule has 1 saturated carbocycles. The molecule has 21 heavy (non-hydrogen) atoms. The molecule has 3 rings (SSSR count). The monoisotopic (exact) mass is 291 g/mol. The van der Waals surface area contributed by atoms with Crippen molar-refractivity contribution >= 4 is 11.8 Å². The average molecular weight is 291 g/mol. The molecule has 0 bridgehead atoms. The van der Waals surface area contributed by atoms with Gasteiger partial charge in [-0.3, -0.25) is 14.7 Å². The molecule has 1 saturated heterocycles. The molecule has 0 radical (unpaired) electrons. The molecule has 2 aliphatic rings. The van der Waals surface area contributed by atoms with Crippen LogP contribution in [-0.2, 0) is 16.0 Å². The number of nitrogens with one attached hydrogen (secondary N) is 2. The number of aromatic amines is 1. The maximum atomic E-state index is 12.1. The summed E-state index contributed by atoms with van der Waals surface area (Å²) in [7, 11) is 0. The van der Waals surface area contributed by atoms with E-state index >= 15 is 0 Å². The number of aromatic nitrogens is 3. The molecule has 1 unspecified atom stereocenters. The second kappa shape index (κ2) is 6.24. The second-order valence-electron chi connectivity index (χ2n) is 5.86. The molecular formula is C14H21N5O2. The molecule has 2 N–H and O–H groups in total. The van der Waals surface area contributed by atoms with Gasteiger partial charge in [0.15, 0.2) is 0 Å². The van der Waals surface area contributed by atoms with Gasteiger partial charge < -0.3 is 10.2 Å². The van der Waals surface area contributed by atoms with Crippen LogP contribution in [-0.4, -0.2) is 51.0 Å². The number of rotatable bonds is 5. The summed E-state index contributed by atoms with van der Waals surface area (Å²) in [6, 6.07) is 0.365. The Morgan fingerprint density at radius 2 is 2.24 bits per heavy atom. The van der Waals surface area contributed by atoms with E-state index in [4.69, 9.17) is 0 Å². The van der Waals surface area contributed by atoms with Gasteiger partial charge in [-0.2, -0.15) is 5.10 Å². The summed E-state index contributed by atoms with van der Waals surface area (Å²) in [5.74, 6) is 0.666. The summed E-state index contributed by atoms with van der Waals surface area (Å²) in [5, 5.41) is 9.41. The lowest BCUT2D eigenvalue weighted by Crippen LogP contribution is -2.37. The molecule has 1 aromatic rings. The van der Waals surface area contributed by atoms with Gasteiger partial charge in [-0.05, 0) is 12.8 Å². The Kier molecular flexibility index (Phi) is 4.17. The van der Waals surface area contributed by atoms with Crippen molar-refractivity contribution in [1.82, 2.24) is 25.4 Å². The second-order valence-corrected chi connectivity index (χ2v) is 5.86. The van der Waals surface area contributed by atoms with E-state index in [1.54, 1.807) is 0 Å². The maximum absolute atomic E-state index is 12.1. The van der Waals surface area contributed by atoms with E-state index in [0.29, 0.717) is 32.0 Å². The van der Waals surface area contributed by atoms with Gasteiger partial charge in [0.1, 0.15) is 12.2 Å².